The van der Waals surface area contributed by atoms with Gasteiger partial charge >= 0.3 is 0 Å². The maximum atomic E-state index is 9.21. The third-order valence-corrected chi connectivity index (χ3v) is 3.61. The Hall–Kier alpha value is -0.590. The summed E-state index contributed by atoms with van der Waals surface area (Å²) >= 11 is 0. The minimum absolute atomic E-state index is 0.388. The van der Waals surface area contributed by atoms with Crippen LogP contribution in [-0.4, -0.2) is 36.6 Å². The summed E-state index contributed by atoms with van der Waals surface area (Å²) in [5.74, 6) is 1.57. The Balaban J connectivity index is 2.47. The van der Waals surface area contributed by atoms with E-state index in [1.165, 1.54) is 6.42 Å². The minimum Gasteiger partial charge on any atom is -0.300 e. The molecule has 1 saturated heterocycles. The van der Waals surface area contributed by atoms with E-state index in [1.54, 1.807) is 0 Å². The largest absolute Gasteiger partial charge is 0.300 e. The van der Waals surface area contributed by atoms with Crippen LogP contribution in [0.2, 0.25) is 0 Å². The Bertz CT molecular complexity index is 256. The van der Waals surface area contributed by atoms with Gasteiger partial charge in [0.1, 0.15) is 5.54 Å². The van der Waals surface area contributed by atoms with Gasteiger partial charge in [0.05, 0.1) is 6.07 Å². The minimum atomic E-state index is -0.388. The number of nitrogens with one attached hydrogen (secondary N) is 1. The fraction of sp³-hybridized carbons (Fsp3) is 0.923. The molecule has 2 unspecified atom stereocenters. The molecular weight excluding hydrogens is 198 g/mol. The van der Waals surface area contributed by atoms with Crippen LogP contribution in [0, 0.1) is 23.2 Å². The fourth-order valence-corrected chi connectivity index (χ4v) is 2.52. The monoisotopic (exact) mass is 223 g/mol. The highest BCUT2D eigenvalue weighted by Gasteiger charge is 2.31. The van der Waals surface area contributed by atoms with Gasteiger partial charge in [-0.15, -0.1) is 0 Å². The summed E-state index contributed by atoms with van der Waals surface area (Å²) in [7, 11) is 0. The lowest BCUT2D eigenvalue weighted by atomic mass is 9.95. The van der Waals surface area contributed by atoms with E-state index in [-0.39, 0.29) is 5.54 Å². The maximum Gasteiger partial charge on any atom is 0.116 e. The normalized spacial score (nSPS) is 25.6. The van der Waals surface area contributed by atoms with Crippen molar-refractivity contribution in [1.29, 1.82) is 5.26 Å². The molecule has 3 heteroatoms. The Morgan fingerprint density at radius 2 is 2.25 bits per heavy atom. The highest BCUT2D eigenvalue weighted by Crippen LogP contribution is 2.24. The smallest absolute Gasteiger partial charge is 0.116 e. The lowest BCUT2D eigenvalue weighted by molar-refractivity contribution is 0.246. The van der Waals surface area contributed by atoms with Crippen LogP contribution in [0.5, 0.6) is 0 Å². The maximum absolute atomic E-state index is 9.21. The number of nitrogens with zero attached hydrogens (tertiary/aromatic N) is 2. The zero-order chi connectivity index (χ0) is 12.2. The molecule has 3 nitrogen and oxygen atoms in total. The molecule has 2 atom stereocenters. The Labute approximate surface area is 99.8 Å². The molecule has 0 aromatic heterocycles. The van der Waals surface area contributed by atoms with Gasteiger partial charge in [-0.3, -0.25) is 5.32 Å². The van der Waals surface area contributed by atoms with Crippen LogP contribution in [0.25, 0.3) is 0 Å². The molecule has 1 aliphatic rings. The zero-order valence-electron chi connectivity index (χ0n) is 11.1. The van der Waals surface area contributed by atoms with Crippen molar-refractivity contribution in [3.63, 3.8) is 0 Å². The van der Waals surface area contributed by atoms with Crippen molar-refractivity contribution in [3.05, 3.63) is 0 Å². The first-order chi connectivity index (χ1) is 7.50. The van der Waals surface area contributed by atoms with Crippen molar-refractivity contribution < 1.29 is 0 Å². The van der Waals surface area contributed by atoms with Crippen molar-refractivity contribution in [2.75, 3.05) is 26.2 Å². The molecule has 1 fully saturated rings. The Morgan fingerprint density at radius 1 is 1.56 bits per heavy atom. The highest BCUT2D eigenvalue weighted by atomic mass is 15.2. The molecule has 1 heterocycles. The molecule has 1 N–H and O–H groups in total. The number of likely N-dealkylation sites (tertiary alicyclic amines) is 1. The molecule has 0 aliphatic carbocycles. The van der Waals surface area contributed by atoms with E-state index in [4.69, 9.17) is 0 Å². The van der Waals surface area contributed by atoms with E-state index in [9.17, 15) is 5.26 Å². The number of hydrogen-bond donors (Lipinski definition) is 1. The first-order valence-corrected chi connectivity index (χ1v) is 6.39. The molecule has 0 aromatic carbocycles. The molecule has 16 heavy (non-hydrogen) atoms. The van der Waals surface area contributed by atoms with E-state index < -0.39 is 0 Å². The number of rotatable bonds is 5. The van der Waals surface area contributed by atoms with Gasteiger partial charge in [0, 0.05) is 13.1 Å². The van der Waals surface area contributed by atoms with Gasteiger partial charge in [-0.2, -0.15) is 5.26 Å². The molecule has 1 rings (SSSR count). The number of hydrogen-bond acceptors (Lipinski definition) is 3. The van der Waals surface area contributed by atoms with Gasteiger partial charge in [-0.05, 0) is 38.3 Å². The van der Waals surface area contributed by atoms with Gasteiger partial charge in [0.15, 0.2) is 0 Å². The molecule has 92 valence electrons. The lowest BCUT2D eigenvalue weighted by Gasteiger charge is -2.28. The summed E-state index contributed by atoms with van der Waals surface area (Å²) in [6, 6.07) is 2.40. The second-order valence-corrected chi connectivity index (χ2v) is 5.50. The molecule has 0 spiro atoms. The van der Waals surface area contributed by atoms with E-state index in [2.05, 4.69) is 37.1 Å². The molecule has 1 aliphatic heterocycles. The first-order valence-electron chi connectivity index (χ1n) is 6.39. The summed E-state index contributed by atoms with van der Waals surface area (Å²) in [4.78, 5) is 2.43. The second-order valence-electron chi connectivity index (χ2n) is 5.50. The van der Waals surface area contributed by atoms with Gasteiger partial charge in [-0.1, -0.05) is 20.8 Å². The SMILES string of the molecule is CCNC(C)(C#N)CN1CCC(C(C)C)C1. The van der Waals surface area contributed by atoms with Crippen molar-refractivity contribution in [3.8, 4) is 6.07 Å². The summed E-state index contributed by atoms with van der Waals surface area (Å²) in [6.45, 7) is 12.6. The number of nitriles is 1. The topological polar surface area (TPSA) is 39.1 Å². The van der Waals surface area contributed by atoms with Crippen molar-refractivity contribution in [2.24, 2.45) is 11.8 Å². The highest BCUT2D eigenvalue weighted by molar-refractivity contribution is 5.06. The predicted octanol–water partition coefficient (Wildman–Crippen LogP) is 1.86. The van der Waals surface area contributed by atoms with Gasteiger partial charge in [-0.25, -0.2) is 0 Å². The fourth-order valence-electron chi connectivity index (χ4n) is 2.52. The molecular formula is C13H25N3. The zero-order valence-corrected chi connectivity index (χ0v) is 11.1. The van der Waals surface area contributed by atoms with Crippen LogP contribution in [0.15, 0.2) is 0 Å². The number of likely N-dealkylation sites (N-methyl/N-ethyl adjacent to an activating group) is 1. The third kappa shape index (κ3) is 3.47. The van der Waals surface area contributed by atoms with Crippen LogP contribution in [0.3, 0.4) is 0 Å². The van der Waals surface area contributed by atoms with Crippen LogP contribution < -0.4 is 5.32 Å². The average Bonchev–Trinajstić information content (AvgIpc) is 2.66. The third-order valence-electron chi connectivity index (χ3n) is 3.61. The van der Waals surface area contributed by atoms with Crippen LogP contribution in [-0.2, 0) is 0 Å². The van der Waals surface area contributed by atoms with E-state index in [1.807, 2.05) is 6.92 Å². The van der Waals surface area contributed by atoms with Gasteiger partial charge in [0.2, 0.25) is 0 Å². The van der Waals surface area contributed by atoms with E-state index in [0.29, 0.717) is 0 Å². The van der Waals surface area contributed by atoms with Gasteiger partial charge < -0.3 is 4.90 Å². The molecule has 0 aromatic rings. The van der Waals surface area contributed by atoms with Crippen LogP contribution in [0.4, 0.5) is 0 Å². The van der Waals surface area contributed by atoms with E-state index in [0.717, 1.165) is 38.0 Å². The molecule has 0 saturated carbocycles. The Kier molecular flexibility index (Phi) is 4.76. The molecule has 0 amide bonds. The van der Waals surface area contributed by atoms with Gasteiger partial charge in [0.25, 0.3) is 0 Å². The quantitative estimate of drug-likeness (QED) is 0.773. The predicted molar refractivity (Wildman–Crippen MR) is 67.1 cm³/mol. The first kappa shape index (κ1) is 13.5. The van der Waals surface area contributed by atoms with Crippen LogP contribution >= 0.6 is 0 Å². The summed E-state index contributed by atoms with van der Waals surface area (Å²) in [5.41, 5.74) is -0.388. The Morgan fingerprint density at radius 3 is 2.69 bits per heavy atom. The average molecular weight is 223 g/mol. The summed E-state index contributed by atoms with van der Waals surface area (Å²) in [6.07, 6.45) is 1.28. The molecule has 0 bridgehead atoms. The van der Waals surface area contributed by atoms with Crippen molar-refractivity contribution in [2.45, 2.75) is 39.7 Å². The lowest BCUT2D eigenvalue weighted by Crippen LogP contribution is -2.49. The van der Waals surface area contributed by atoms with E-state index >= 15 is 0 Å². The van der Waals surface area contributed by atoms with Crippen molar-refractivity contribution >= 4 is 0 Å². The standard InChI is InChI=1S/C13H25N3/c1-5-15-13(4,9-14)10-16-7-6-12(8-16)11(2)3/h11-12,15H,5-8,10H2,1-4H3. The summed E-state index contributed by atoms with van der Waals surface area (Å²) < 4.78 is 0. The second kappa shape index (κ2) is 5.65. The summed E-state index contributed by atoms with van der Waals surface area (Å²) in [5, 5.41) is 12.5. The molecule has 0 radical (unpaired) electrons. The van der Waals surface area contributed by atoms with Crippen LogP contribution in [0.1, 0.15) is 34.1 Å². The van der Waals surface area contributed by atoms with Crippen molar-refractivity contribution in [1.82, 2.24) is 10.2 Å².